The Bertz CT molecular complexity index is 617. The van der Waals surface area contributed by atoms with Crippen LogP contribution in [0.4, 0.5) is 0 Å². The predicted octanol–water partition coefficient (Wildman–Crippen LogP) is 1.63. The fourth-order valence-corrected chi connectivity index (χ4v) is 2.00. The zero-order valence-electron chi connectivity index (χ0n) is 11.7. The van der Waals surface area contributed by atoms with Crippen molar-refractivity contribution in [2.24, 2.45) is 5.73 Å². The van der Waals surface area contributed by atoms with E-state index >= 15 is 0 Å². The molecule has 0 aliphatic heterocycles. The van der Waals surface area contributed by atoms with Crippen molar-refractivity contribution in [2.75, 3.05) is 13.1 Å². The zero-order valence-corrected chi connectivity index (χ0v) is 11.7. The van der Waals surface area contributed by atoms with Crippen LogP contribution in [0.25, 0.3) is 0 Å². The Balaban J connectivity index is 2.16. The van der Waals surface area contributed by atoms with Gasteiger partial charge < -0.3 is 15.1 Å². The highest BCUT2D eigenvalue weighted by Gasteiger charge is 2.16. The second-order valence-corrected chi connectivity index (χ2v) is 4.70. The normalized spacial score (nSPS) is 10.3. The average Bonchev–Trinajstić information content (AvgIpc) is 2.52. The molecule has 2 rings (SSSR count). The topological polar surface area (TPSA) is 76.5 Å². The molecule has 0 saturated carbocycles. The van der Waals surface area contributed by atoms with Gasteiger partial charge in [0, 0.05) is 19.2 Å². The lowest BCUT2D eigenvalue weighted by Crippen LogP contribution is -2.32. The summed E-state index contributed by atoms with van der Waals surface area (Å²) in [5.41, 5.74) is 6.47. The molecule has 0 bridgehead atoms. The molecule has 1 aromatic heterocycles. The van der Waals surface area contributed by atoms with Crippen molar-refractivity contribution in [3.8, 4) is 0 Å². The Labute approximate surface area is 123 Å². The molecule has 5 heteroatoms. The van der Waals surface area contributed by atoms with Gasteiger partial charge in [0.15, 0.2) is 0 Å². The third kappa shape index (κ3) is 4.29. The van der Waals surface area contributed by atoms with E-state index in [0.29, 0.717) is 25.2 Å². The minimum absolute atomic E-state index is 0.170. The predicted molar refractivity (Wildman–Crippen MR) is 79.8 cm³/mol. The summed E-state index contributed by atoms with van der Waals surface area (Å²) >= 11 is 0. The van der Waals surface area contributed by atoms with Crippen molar-refractivity contribution in [3.63, 3.8) is 0 Å². The van der Waals surface area contributed by atoms with Gasteiger partial charge in [-0.2, -0.15) is 0 Å². The molecule has 1 heterocycles. The highest BCUT2D eigenvalue weighted by atomic mass is 16.4. The summed E-state index contributed by atoms with van der Waals surface area (Å²) in [6, 6.07) is 12.5. The van der Waals surface area contributed by atoms with E-state index in [4.69, 9.17) is 10.2 Å². The molecule has 0 aliphatic carbocycles. The molecule has 21 heavy (non-hydrogen) atoms. The molecule has 2 N–H and O–H groups in total. The number of carbonyl (C=O) groups excluding carboxylic acids is 1. The quantitative estimate of drug-likeness (QED) is 0.875. The number of hydrogen-bond acceptors (Lipinski definition) is 4. The van der Waals surface area contributed by atoms with Crippen molar-refractivity contribution in [2.45, 2.75) is 13.0 Å². The van der Waals surface area contributed by atoms with Crippen molar-refractivity contribution in [1.29, 1.82) is 0 Å². The van der Waals surface area contributed by atoms with Gasteiger partial charge in [0.2, 0.25) is 0 Å². The Hall–Kier alpha value is -2.40. The third-order valence-corrected chi connectivity index (χ3v) is 3.08. The first-order chi connectivity index (χ1) is 10.2. The van der Waals surface area contributed by atoms with Crippen LogP contribution in [0.1, 0.15) is 22.3 Å². The van der Waals surface area contributed by atoms with Crippen LogP contribution in [0.2, 0.25) is 0 Å². The van der Waals surface area contributed by atoms with Gasteiger partial charge in [-0.05, 0) is 24.6 Å². The Morgan fingerprint density at radius 1 is 1.14 bits per heavy atom. The molecule has 0 spiro atoms. The SMILES string of the molecule is NCCCN(Cc1ccccc1)C(=O)c1ccc(=O)oc1. The van der Waals surface area contributed by atoms with Crippen LogP contribution in [-0.4, -0.2) is 23.9 Å². The maximum atomic E-state index is 12.5. The molecule has 0 saturated heterocycles. The highest BCUT2D eigenvalue weighted by Crippen LogP contribution is 2.10. The fraction of sp³-hybridized carbons (Fsp3) is 0.250. The van der Waals surface area contributed by atoms with E-state index < -0.39 is 5.63 Å². The lowest BCUT2D eigenvalue weighted by molar-refractivity contribution is 0.0739. The first-order valence-electron chi connectivity index (χ1n) is 6.83. The minimum Gasteiger partial charge on any atom is -0.430 e. The van der Waals surface area contributed by atoms with Gasteiger partial charge in [0.25, 0.3) is 5.91 Å². The fourth-order valence-electron chi connectivity index (χ4n) is 2.00. The molecular formula is C16H18N2O3. The summed E-state index contributed by atoms with van der Waals surface area (Å²) in [7, 11) is 0. The van der Waals surface area contributed by atoms with E-state index in [1.54, 1.807) is 4.90 Å². The molecule has 0 atom stereocenters. The number of benzene rings is 1. The molecular weight excluding hydrogens is 268 g/mol. The maximum absolute atomic E-state index is 12.5. The monoisotopic (exact) mass is 286 g/mol. The van der Waals surface area contributed by atoms with Gasteiger partial charge in [0.05, 0.1) is 5.56 Å². The van der Waals surface area contributed by atoms with Crippen LogP contribution < -0.4 is 11.4 Å². The van der Waals surface area contributed by atoms with Crippen LogP contribution in [0, 0.1) is 0 Å². The number of carbonyl (C=O) groups is 1. The van der Waals surface area contributed by atoms with E-state index in [2.05, 4.69) is 0 Å². The number of amides is 1. The molecule has 0 unspecified atom stereocenters. The number of rotatable bonds is 6. The van der Waals surface area contributed by atoms with Crippen molar-refractivity contribution in [3.05, 3.63) is 70.3 Å². The Kier molecular flexibility index (Phi) is 5.29. The smallest absolute Gasteiger partial charge is 0.335 e. The molecule has 1 aromatic carbocycles. The maximum Gasteiger partial charge on any atom is 0.335 e. The summed E-state index contributed by atoms with van der Waals surface area (Å²) in [6.07, 6.45) is 1.92. The van der Waals surface area contributed by atoms with Gasteiger partial charge in [0.1, 0.15) is 6.26 Å². The van der Waals surface area contributed by atoms with E-state index in [-0.39, 0.29) is 5.91 Å². The van der Waals surface area contributed by atoms with Crippen molar-refractivity contribution in [1.82, 2.24) is 4.90 Å². The van der Waals surface area contributed by atoms with Crippen LogP contribution in [0.15, 0.2) is 57.9 Å². The molecule has 0 radical (unpaired) electrons. The summed E-state index contributed by atoms with van der Waals surface area (Å²) < 4.78 is 4.76. The summed E-state index contributed by atoms with van der Waals surface area (Å²) in [5, 5.41) is 0. The van der Waals surface area contributed by atoms with Crippen LogP contribution in [0.5, 0.6) is 0 Å². The van der Waals surface area contributed by atoms with Crippen molar-refractivity contribution < 1.29 is 9.21 Å². The second kappa shape index (κ2) is 7.40. The van der Waals surface area contributed by atoms with Crippen LogP contribution in [0.3, 0.4) is 0 Å². The van der Waals surface area contributed by atoms with Crippen molar-refractivity contribution >= 4 is 5.91 Å². The van der Waals surface area contributed by atoms with Gasteiger partial charge >= 0.3 is 5.63 Å². The van der Waals surface area contributed by atoms with Crippen LogP contribution >= 0.6 is 0 Å². The zero-order chi connectivity index (χ0) is 15.1. The molecule has 1 amide bonds. The molecule has 0 fully saturated rings. The summed E-state index contributed by atoms with van der Waals surface area (Å²) in [5.74, 6) is -0.170. The van der Waals surface area contributed by atoms with Gasteiger partial charge in [-0.15, -0.1) is 0 Å². The van der Waals surface area contributed by atoms with E-state index in [9.17, 15) is 9.59 Å². The standard InChI is InChI=1S/C16H18N2O3/c17-9-4-10-18(11-13-5-2-1-3-6-13)16(20)14-7-8-15(19)21-12-14/h1-3,5-8,12H,4,9-11,17H2. The van der Waals surface area contributed by atoms with E-state index in [1.165, 1.54) is 18.4 Å². The first-order valence-corrected chi connectivity index (χ1v) is 6.83. The van der Waals surface area contributed by atoms with Gasteiger partial charge in [-0.3, -0.25) is 4.79 Å². The lowest BCUT2D eigenvalue weighted by Gasteiger charge is -2.22. The molecule has 2 aromatic rings. The minimum atomic E-state index is -0.469. The molecule has 5 nitrogen and oxygen atoms in total. The third-order valence-electron chi connectivity index (χ3n) is 3.08. The van der Waals surface area contributed by atoms with Gasteiger partial charge in [-0.1, -0.05) is 30.3 Å². The average molecular weight is 286 g/mol. The Morgan fingerprint density at radius 3 is 2.52 bits per heavy atom. The largest absolute Gasteiger partial charge is 0.430 e. The molecule has 0 aliphatic rings. The number of hydrogen-bond donors (Lipinski definition) is 1. The molecule has 110 valence electrons. The van der Waals surface area contributed by atoms with E-state index in [1.807, 2.05) is 30.3 Å². The number of nitrogens with two attached hydrogens (primary N) is 1. The second-order valence-electron chi connectivity index (χ2n) is 4.70. The summed E-state index contributed by atoms with van der Waals surface area (Å²) in [4.78, 5) is 25.2. The summed E-state index contributed by atoms with van der Waals surface area (Å²) in [6.45, 7) is 1.57. The Morgan fingerprint density at radius 2 is 1.90 bits per heavy atom. The number of nitrogens with zero attached hydrogens (tertiary/aromatic N) is 1. The van der Waals surface area contributed by atoms with E-state index in [0.717, 1.165) is 12.0 Å². The first kappa shape index (κ1) is 15.0. The van der Waals surface area contributed by atoms with Gasteiger partial charge in [-0.25, -0.2) is 4.79 Å². The highest BCUT2D eigenvalue weighted by molar-refractivity contribution is 5.93. The lowest BCUT2D eigenvalue weighted by atomic mass is 10.2. The van der Waals surface area contributed by atoms with Crippen LogP contribution in [-0.2, 0) is 6.54 Å².